The topological polar surface area (TPSA) is 58.2 Å². The van der Waals surface area contributed by atoms with Crippen molar-refractivity contribution >= 4 is 10.0 Å². The molecule has 0 aromatic heterocycles. The predicted molar refractivity (Wildman–Crippen MR) is 80.9 cm³/mol. The van der Waals surface area contributed by atoms with Gasteiger partial charge in [0.2, 0.25) is 10.0 Å². The highest BCUT2D eigenvalue weighted by Crippen LogP contribution is 2.49. The summed E-state index contributed by atoms with van der Waals surface area (Å²) in [6.07, 6.45) is 4.21. The highest BCUT2D eigenvalue weighted by atomic mass is 32.2. The van der Waals surface area contributed by atoms with Crippen LogP contribution in [0.2, 0.25) is 0 Å². The summed E-state index contributed by atoms with van der Waals surface area (Å²) in [7, 11) is -1.95. The molecule has 0 radical (unpaired) electrons. The van der Waals surface area contributed by atoms with Gasteiger partial charge in [0.15, 0.2) is 0 Å². The summed E-state index contributed by atoms with van der Waals surface area (Å²) < 4.78 is 41.0. The van der Waals surface area contributed by atoms with E-state index >= 15 is 0 Å². The maximum absolute atomic E-state index is 13.4. The minimum atomic E-state index is -3.68. The SMILES string of the molecule is CCCC1(CNS(=O)(=O)c2cc(F)ccc2CNC)CC1. The molecule has 0 aliphatic heterocycles. The molecule has 0 bridgehead atoms. The Morgan fingerprint density at radius 1 is 1.33 bits per heavy atom. The van der Waals surface area contributed by atoms with Crippen molar-refractivity contribution in [2.45, 2.75) is 44.0 Å². The van der Waals surface area contributed by atoms with Gasteiger partial charge < -0.3 is 5.32 Å². The molecule has 0 amide bonds. The van der Waals surface area contributed by atoms with Gasteiger partial charge in [-0.25, -0.2) is 17.5 Å². The van der Waals surface area contributed by atoms with E-state index in [0.29, 0.717) is 18.7 Å². The van der Waals surface area contributed by atoms with E-state index < -0.39 is 15.8 Å². The quantitative estimate of drug-likeness (QED) is 0.775. The number of sulfonamides is 1. The molecule has 21 heavy (non-hydrogen) atoms. The lowest BCUT2D eigenvalue weighted by Gasteiger charge is -2.16. The Morgan fingerprint density at radius 2 is 2.05 bits per heavy atom. The third-order valence-corrected chi connectivity index (χ3v) is 5.54. The van der Waals surface area contributed by atoms with E-state index in [-0.39, 0.29) is 10.3 Å². The first-order chi connectivity index (χ1) is 9.92. The third kappa shape index (κ3) is 4.02. The second-order valence-corrected chi connectivity index (χ2v) is 7.59. The Balaban J connectivity index is 2.17. The van der Waals surface area contributed by atoms with Crippen LogP contribution in [0.5, 0.6) is 0 Å². The Morgan fingerprint density at radius 3 is 2.62 bits per heavy atom. The van der Waals surface area contributed by atoms with Crippen molar-refractivity contribution in [1.29, 1.82) is 0 Å². The molecule has 118 valence electrons. The smallest absolute Gasteiger partial charge is 0.241 e. The fourth-order valence-electron chi connectivity index (χ4n) is 2.66. The molecule has 2 rings (SSSR count). The van der Waals surface area contributed by atoms with Crippen molar-refractivity contribution in [3.8, 4) is 0 Å². The molecular weight excluding hydrogens is 291 g/mol. The van der Waals surface area contributed by atoms with E-state index in [1.165, 1.54) is 12.1 Å². The van der Waals surface area contributed by atoms with Crippen molar-refractivity contribution in [3.63, 3.8) is 0 Å². The van der Waals surface area contributed by atoms with Crippen LogP contribution in [-0.2, 0) is 16.6 Å². The van der Waals surface area contributed by atoms with E-state index in [1.807, 2.05) is 0 Å². The summed E-state index contributed by atoms with van der Waals surface area (Å²) in [6.45, 7) is 2.93. The normalized spacial score (nSPS) is 16.9. The molecule has 4 nitrogen and oxygen atoms in total. The predicted octanol–water partition coefficient (Wildman–Crippen LogP) is 2.40. The molecule has 1 aliphatic rings. The Labute approximate surface area is 126 Å². The molecule has 0 spiro atoms. The van der Waals surface area contributed by atoms with Gasteiger partial charge in [-0.1, -0.05) is 19.4 Å². The number of hydrogen-bond donors (Lipinski definition) is 2. The van der Waals surface area contributed by atoms with Crippen LogP contribution in [0.25, 0.3) is 0 Å². The average molecular weight is 314 g/mol. The van der Waals surface area contributed by atoms with E-state index in [9.17, 15) is 12.8 Å². The van der Waals surface area contributed by atoms with E-state index in [4.69, 9.17) is 0 Å². The summed E-state index contributed by atoms with van der Waals surface area (Å²) in [4.78, 5) is 0.0316. The Hall–Kier alpha value is -0.980. The van der Waals surface area contributed by atoms with Crippen molar-refractivity contribution in [2.75, 3.05) is 13.6 Å². The minimum absolute atomic E-state index is 0.0316. The fraction of sp³-hybridized carbons (Fsp3) is 0.600. The highest BCUT2D eigenvalue weighted by molar-refractivity contribution is 7.89. The first-order valence-corrected chi connectivity index (χ1v) is 8.83. The number of nitrogens with one attached hydrogen (secondary N) is 2. The highest BCUT2D eigenvalue weighted by Gasteiger charge is 2.42. The summed E-state index contributed by atoms with van der Waals surface area (Å²) in [6, 6.07) is 3.89. The van der Waals surface area contributed by atoms with Gasteiger partial charge in [0.05, 0.1) is 4.90 Å². The zero-order chi connectivity index (χ0) is 15.5. The molecule has 1 aliphatic carbocycles. The lowest BCUT2D eigenvalue weighted by Crippen LogP contribution is -2.31. The first-order valence-electron chi connectivity index (χ1n) is 7.35. The van der Waals surface area contributed by atoms with E-state index in [1.54, 1.807) is 7.05 Å². The second kappa shape index (κ2) is 6.42. The number of halogens is 1. The molecule has 0 unspecified atom stereocenters. The van der Waals surface area contributed by atoms with E-state index in [0.717, 1.165) is 31.7 Å². The Bertz CT molecular complexity index is 598. The summed E-state index contributed by atoms with van der Waals surface area (Å²) in [5.74, 6) is -0.537. The van der Waals surface area contributed by atoms with Crippen LogP contribution >= 0.6 is 0 Å². The molecular formula is C15H23FN2O2S. The van der Waals surface area contributed by atoms with Crippen LogP contribution in [0.1, 0.15) is 38.2 Å². The second-order valence-electron chi connectivity index (χ2n) is 5.86. The standard InChI is InChI=1S/C15H23FN2O2S/c1-3-6-15(7-8-15)11-18-21(19,20)14-9-13(16)5-4-12(14)10-17-2/h4-5,9,17-18H,3,6-8,10-11H2,1-2H3. The van der Waals surface area contributed by atoms with Gasteiger partial charge in [-0.2, -0.15) is 0 Å². The molecule has 1 aromatic carbocycles. The monoisotopic (exact) mass is 314 g/mol. The van der Waals surface area contributed by atoms with Gasteiger partial charge in [0, 0.05) is 13.1 Å². The summed E-state index contributed by atoms with van der Waals surface area (Å²) in [5, 5.41) is 2.91. The van der Waals surface area contributed by atoms with Gasteiger partial charge in [-0.15, -0.1) is 0 Å². The molecule has 0 heterocycles. The molecule has 2 N–H and O–H groups in total. The van der Waals surface area contributed by atoms with Crippen LogP contribution in [0.4, 0.5) is 4.39 Å². The summed E-state index contributed by atoms with van der Waals surface area (Å²) >= 11 is 0. The zero-order valence-corrected chi connectivity index (χ0v) is 13.4. The van der Waals surface area contributed by atoms with Crippen LogP contribution in [-0.4, -0.2) is 22.0 Å². The van der Waals surface area contributed by atoms with Gasteiger partial charge in [-0.3, -0.25) is 0 Å². The average Bonchev–Trinajstić information content (AvgIpc) is 3.20. The van der Waals surface area contributed by atoms with Crippen LogP contribution in [0.3, 0.4) is 0 Å². The molecule has 0 atom stereocenters. The molecule has 0 saturated heterocycles. The maximum Gasteiger partial charge on any atom is 0.241 e. The largest absolute Gasteiger partial charge is 0.316 e. The lowest BCUT2D eigenvalue weighted by atomic mass is 10.0. The molecule has 1 aromatic rings. The number of benzene rings is 1. The van der Waals surface area contributed by atoms with E-state index in [2.05, 4.69) is 17.0 Å². The van der Waals surface area contributed by atoms with Gasteiger partial charge in [-0.05, 0) is 49.4 Å². The van der Waals surface area contributed by atoms with Gasteiger partial charge in [0.25, 0.3) is 0 Å². The maximum atomic E-state index is 13.4. The van der Waals surface area contributed by atoms with Crippen molar-refractivity contribution in [2.24, 2.45) is 5.41 Å². The van der Waals surface area contributed by atoms with Crippen LogP contribution in [0.15, 0.2) is 23.1 Å². The fourth-order valence-corrected chi connectivity index (χ4v) is 4.07. The number of hydrogen-bond acceptors (Lipinski definition) is 3. The van der Waals surface area contributed by atoms with Crippen molar-refractivity contribution < 1.29 is 12.8 Å². The lowest BCUT2D eigenvalue weighted by molar-refractivity contribution is 0.449. The molecule has 1 fully saturated rings. The molecule has 1 saturated carbocycles. The van der Waals surface area contributed by atoms with Crippen LogP contribution in [0, 0.1) is 11.2 Å². The van der Waals surface area contributed by atoms with Crippen LogP contribution < -0.4 is 10.0 Å². The van der Waals surface area contributed by atoms with Gasteiger partial charge >= 0.3 is 0 Å². The van der Waals surface area contributed by atoms with Gasteiger partial charge in [0.1, 0.15) is 5.82 Å². The summed E-state index contributed by atoms with van der Waals surface area (Å²) in [5.41, 5.74) is 0.699. The molecule has 6 heteroatoms. The van der Waals surface area contributed by atoms with Crippen molar-refractivity contribution in [1.82, 2.24) is 10.0 Å². The van der Waals surface area contributed by atoms with Crippen molar-refractivity contribution in [3.05, 3.63) is 29.6 Å². The first kappa shape index (κ1) is 16.4. The Kier molecular flexibility index (Phi) is 5.01. The number of rotatable bonds is 8. The zero-order valence-electron chi connectivity index (χ0n) is 12.6. The minimum Gasteiger partial charge on any atom is -0.316 e. The third-order valence-electron chi connectivity index (χ3n) is 4.06.